The van der Waals surface area contributed by atoms with Gasteiger partial charge in [-0.25, -0.2) is 8.42 Å². The Morgan fingerprint density at radius 3 is 2.67 bits per heavy atom. The highest BCUT2D eigenvalue weighted by Crippen LogP contribution is 2.37. The number of nitrogens with zero attached hydrogens (tertiary/aromatic N) is 2. The highest BCUT2D eigenvalue weighted by molar-refractivity contribution is 7.89. The van der Waals surface area contributed by atoms with Crippen LogP contribution in [0.25, 0.3) is 0 Å². The second-order valence-electron chi connectivity index (χ2n) is 6.06. The van der Waals surface area contributed by atoms with Crippen molar-refractivity contribution in [3.63, 3.8) is 0 Å². The molecule has 2 atom stereocenters. The van der Waals surface area contributed by atoms with E-state index in [1.54, 1.807) is 16.4 Å². The summed E-state index contributed by atoms with van der Waals surface area (Å²) in [5, 5.41) is 0. The predicted molar refractivity (Wildman–Crippen MR) is 81.0 cm³/mol. The average Bonchev–Trinajstić information content (AvgIpc) is 2.54. The Morgan fingerprint density at radius 2 is 1.95 bits per heavy atom. The van der Waals surface area contributed by atoms with Gasteiger partial charge < -0.3 is 5.73 Å². The molecule has 2 N–H and O–H groups in total. The molecule has 6 heteroatoms. The van der Waals surface area contributed by atoms with Crippen LogP contribution in [0.3, 0.4) is 0 Å². The van der Waals surface area contributed by atoms with E-state index >= 15 is 0 Å². The summed E-state index contributed by atoms with van der Waals surface area (Å²) in [6, 6.07) is 3.53. The molecular formula is C15H23N3O2S. The number of nitrogens with two attached hydrogens (primary N) is 1. The monoisotopic (exact) mass is 309 g/mol. The van der Waals surface area contributed by atoms with Gasteiger partial charge in [-0.3, -0.25) is 4.98 Å². The van der Waals surface area contributed by atoms with Crippen LogP contribution in [0.5, 0.6) is 0 Å². The minimum absolute atomic E-state index is 0.187. The summed E-state index contributed by atoms with van der Waals surface area (Å²) < 4.78 is 27.5. The molecule has 2 fully saturated rings. The molecule has 0 aromatic carbocycles. The van der Waals surface area contributed by atoms with Gasteiger partial charge in [0.15, 0.2) is 0 Å². The quantitative estimate of drug-likeness (QED) is 0.925. The molecule has 2 aliphatic rings. The smallest absolute Gasteiger partial charge is 0.244 e. The van der Waals surface area contributed by atoms with Gasteiger partial charge in [0.05, 0.1) is 5.69 Å². The van der Waals surface area contributed by atoms with Crippen molar-refractivity contribution in [2.75, 3.05) is 6.54 Å². The molecule has 1 aromatic rings. The number of hydrogen-bond acceptors (Lipinski definition) is 4. The third-order valence-electron chi connectivity index (χ3n) is 4.81. The van der Waals surface area contributed by atoms with Crippen LogP contribution in [0.1, 0.15) is 44.2 Å². The molecule has 0 amide bonds. The third-order valence-corrected chi connectivity index (χ3v) is 6.71. The number of rotatable bonds is 3. The van der Waals surface area contributed by atoms with Crippen molar-refractivity contribution in [1.29, 1.82) is 0 Å². The van der Waals surface area contributed by atoms with E-state index < -0.39 is 10.0 Å². The first-order chi connectivity index (χ1) is 10.1. The maximum Gasteiger partial charge on any atom is 0.244 e. The molecule has 1 saturated carbocycles. The van der Waals surface area contributed by atoms with E-state index in [2.05, 4.69) is 4.98 Å². The predicted octanol–water partition coefficient (Wildman–Crippen LogP) is 1.88. The second-order valence-corrected chi connectivity index (χ2v) is 7.95. The Bertz CT molecular complexity index is 583. The van der Waals surface area contributed by atoms with Crippen molar-refractivity contribution in [2.45, 2.75) is 56.0 Å². The average molecular weight is 309 g/mol. The molecule has 0 spiro atoms. The van der Waals surface area contributed by atoms with Crippen LogP contribution in [0.4, 0.5) is 0 Å². The van der Waals surface area contributed by atoms with Gasteiger partial charge >= 0.3 is 0 Å². The number of piperidine rings is 1. The molecule has 5 nitrogen and oxygen atoms in total. The van der Waals surface area contributed by atoms with E-state index in [1.165, 1.54) is 25.5 Å². The summed E-state index contributed by atoms with van der Waals surface area (Å²) in [5.41, 5.74) is 6.23. The first-order valence-electron chi connectivity index (χ1n) is 7.80. The van der Waals surface area contributed by atoms with Crippen molar-refractivity contribution < 1.29 is 8.42 Å². The molecule has 0 bridgehead atoms. The van der Waals surface area contributed by atoms with Crippen LogP contribution in [0.15, 0.2) is 23.2 Å². The van der Waals surface area contributed by atoms with Crippen LogP contribution in [0, 0.1) is 5.92 Å². The lowest BCUT2D eigenvalue weighted by Crippen LogP contribution is -2.49. The third kappa shape index (κ3) is 2.84. The van der Waals surface area contributed by atoms with Crippen molar-refractivity contribution in [3.8, 4) is 0 Å². The Hall–Kier alpha value is -0.980. The summed E-state index contributed by atoms with van der Waals surface area (Å²) >= 11 is 0. The maximum atomic E-state index is 12.9. The Morgan fingerprint density at radius 1 is 1.19 bits per heavy atom. The first kappa shape index (κ1) is 14.9. The lowest BCUT2D eigenvalue weighted by Gasteiger charge is -2.43. The maximum absolute atomic E-state index is 12.9. The zero-order valence-electron chi connectivity index (χ0n) is 12.2. The zero-order chi connectivity index (χ0) is 14.9. The summed E-state index contributed by atoms with van der Waals surface area (Å²) in [6.45, 7) is 0.969. The minimum atomic E-state index is -3.43. The van der Waals surface area contributed by atoms with Crippen LogP contribution < -0.4 is 5.73 Å². The summed E-state index contributed by atoms with van der Waals surface area (Å²) in [6.07, 6.45) is 8.12. The Kier molecular flexibility index (Phi) is 4.28. The van der Waals surface area contributed by atoms with E-state index in [0.29, 0.717) is 29.6 Å². The SMILES string of the molecule is NCc1ccc(S(=O)(=O)N2CCCC3CCCCC32)cn1. The highest BCUT2D eigenvalue weighted by Gasteiger charge is 2.39. The van der Waals surface area contributed by atoms with E-state index in [-0.39, 0.29) is 6.04 Å². The number of pyridine rings is 1. The summed E-state index contributed by atoms with van der Waals surface area (Å²) in [7, 11) is -3.43. The molecule has 1 saturated heterocycles. The van der Waals surface area contributed by atoms with Crippen molar-refractivity contribution >= 4 is 10.0 Å². The molecule has 2 heterocycles. The molecule has 1 aliphatic carbocycles. The fraction of sp³-hybridized carbons (Fsp3) is 0.667. The summed E-state index contributed by atoms with van der Waals surface area (Å²) in [4.78, 5) is 4.43. The number of fused-ring (bicyclic) bond motifs is 1. The van der Waals surface area contributed by atoms with Gasteiger partial charge in [-0.2, -0.15) is 4.31 Å². The van der Waals surface area contributed by atoms with Gasteiger partial charge in [0.2, 0.25) is 10.0 Å². The molecule has 21 heavy (non-hydrogen) atoms. The zero-order valence-corrected chi connectivity index (χ0v) is 13.1. The lowest BCUT2D eigenvalue weighted by atomic mass is 9.79. The van der Waals surface area contributed by atoms with Gasteiger partial charge in [-0.15, -0.1) is 0 Å². The van der Waals surface area contributed by atoms with E-state index in [0.717, 1.165) is 19.3 Å². The molecule has 1 aliphatic heterocycles. The van der Waals surface area contributed by atoms with Gasteiger partial charge in [0, 0.05) is 25.3 Å². The van der Waals surface area contributed by atoms with Crippen LogP contribution in [-0.2, 0) is 16.6 Å². The minimum Gasteiger partial charge on any atom is -0.325 e. The fourth-order valence-electron chi connectivity index (χ4n) is 3.70. The van der Waals surface area contributed by atoms with Crippen LogP contribution >= 0.6 is 0 Å². The lowest BCUT2D eigenvalue weighted by molar-refractivity contribution is 0.129. The van der Waals surface area contributed by atoms with Gasteiger partial charge in [0.1, 0.15) is 4.90 Å². The molecule has 0 radical (unpaired) electrons. The van der Waals surface area contributed by atoms with Gasteiger partial charge in [-0.1, -0.05) is 12.8 Å². The van der Waals surface area contributed by atoms with E-state index in [4.69, 9.17) is 5.73 Å². The Labute approximate surface area is 126 Å². The van der Waals surface area contributed by atoms with E-state index in [9.17, 15) is 8.42 Å². The molecule has 1 aromatic heterocycles. The fourth-order valence-corrected chi connectivity index (χ4v) is 5.40. The standard InChI is InChI=1S/C15H23N3O2S/c16-10-13-7-8-14(11-17-13)21(19,20)18-9-3-5-12-4-1-2-6-15(12)18/h7-8,11-12,15H,1-6,9-10,16H2. The topological polar surface area (TPSA) is 76.3 Å². The number of sulfonamides is 1. The molecule has 116 valence electrons. The normalized spacial score (nSPS) is 27.3. The number of hydrogen-bond donors (Lipinski definition) is 1. The molecular weight excluding hydrogens is 286 g/mol. The first-order valence-corrected chi connectivity index (χ1v) is 9.24. The van der Waals surface area contributed by atoms with Gasteiger partial charge in [-0.05, 0) is 43.7 Å². The van der Waals surface area contributed by atoms with Crippen LogP contribution in [-0.4, -0.2) is 30.3 Å². The van der Waals surface area contributed by atoms with E-state index in [1.807, 2.05) is 0 Å². The number of aromatic nitrogens is 1. The van der Waals surface area contributed by atoms with Crippen molar-refractivity contribution in [2.24, 2.45) is 11.7 Å². The molecule has 2 unspecified atom stereocenters. The van der Waals surface area contributed by atoms with Crippen LogP contribution in [0.2, 0.25) is 0 Å². The van der Waals surface area contributed by atoms with Crippen molar-refractivity contribution in [1.82, 2.24) is 9.29 Å². The summed E-state index contributed by atoms with van der Waals surface area (Å²) in [5.74, 6) is 0.540. The Balaban J connectivity index is 1.88. The second kappa shape index (κ2) is 6.02. The largest absolute Gasteiger partial charge is 0.325 e. The van der Waals surface area contributed by atoms with Gasteiger partial charge in [0.25, 0.3) is 0 Å². The highest BCUT2D eigenvalue weighted by atomic mass is 32.2. The van der Waals surface area contributed by atoms with Crippen molar-refractivity contribution in [3.05, 3.63) is 24.0 Å². The molecule has 3 rings (SSSR count).